The number of nitrogens with zero attached hydrogens (tertiary/aromatic N) is 6. The summed E-state index contributed by atoms with van der Waals surface area (Å²) in [4.78, 5) is 30.7. The van der Waals surface area contributed by atoms with Gasteiger partial charge in [0.15, 0.2) is 0 Å². The van der Waals surface area contributed by atoms with Crippen molar-refractivity contribution in [1.29, 1.82) is 0 Å². The molecule has 1 aromatic rings. The Hall–Kier alpha value is -1.77. The molecule has 8 nitrogen and oxygen atoms in total. The van der Waals surface area contributed by atoms with Gasteiger partial charge >= 0.3 is 0 Å². The third-order valence-electron chi connectivity index (χ3n) is 6.64. The predicted molar refractivity (Wildman–Crippen MR) is 105 cm³/mol. The van der Waals surface area contributed by atoms with Gasteiger partial charge in [0, 0.05) is 64.2 Å². The SMILES string of the molecule is O=C(CN1CCN(c2ncccn2)CC1)N1CCN2[C@@H](COC[C@@H]2C2CC2)C1. The smallest absolute Gasteiger partial charge is 0.236 e. The first-order chi connectivity index (χ1) is 13.8. The first kappa shape index (κ1) is 18.3. The van der Waals surface area contributed by atoms with Gasteiger partial charge in [-0.1, -0.05) is 0 Å². The van der Waals surface area contributed by atoms with Crippen LogP contribution in [0.1, 0.15) is 12.8 Å². The second kappa shape index (κ2) is 7.93. The molecular formula is C20H30N6O2. The van der Waals surface area contributed by atoms with E-state index in [0.29, 0.717) is 18.6 Å². The van der Waals surface area contributed by atoms with Crippen LogP contribution in [0.4, 0.5) is 5.95 Å². The summed E-state index contributed by atoms with van der Waals surface area (Å²) in [5.41, 5.74) is 0. The van der Waals surface area contributed by atoms with Gasteiger partial charge in [0.1, 0.15) is 0 Å². The summed E-state index contributed by atoms with van der Waals surface area (Å²) in [5, 5.41) is 0. The van der Waals surface area contributed by atoms with Crippen LogP contribution in [0.15, 0.2) is 18.5 Å². The highest BCUT2D eigenvalue weighted by Gasteiger charge is 2.43. The molecular weight excluding hydrogens is 356 g/mol. The molecule has 1 saturated carbocycles. The average molecular weight is 387 g/mol. The molecule has 0 radical (unpaired) electrons. The number of hydrogen-bond donors (Lipinski definition) is 0. The Morgan fingerprint density at radius 1 is 1.04 bits per heavy atom. The first-order valence-electron chi connectivity index (χ1n) is 10.6. The largest absolute Gasteiger partial charge is 0.378 e. The van der Waals surface area contributed by atoms with Crippen molar-refractivity contribution in [3.8, 4) is 0 Å². The Kier molecular flexibility index (Phi) is 5.17. The molecule has 152 valence electrons. The van der Waals surface area contributed by atoms with Gasteiger partial charge in [0.05, 0.1) is 25.8 Å². The number of ether oxygens (including phenoxy) is 1. The molecule has 3 aliphatic heterocycles. The van der Waals surface area contributed by atoms with Gasteiger partial charge in [0.25, 0.3) is 0 Å². The second-order valence-electron chi connectivity index (χ2n) is 8.49. The van der Waals surface area contributed by atoms with Gasteiger partial charge in [-0.3, -0.25) is 14.6 Å². The number of morpholine rings is 1. The Morgan fingerprint density at radius 2 is 1.82 bits per heavy atom. The average Bonchev–Trinajstić information content (AvgIpc) is 3.59. The highest BCUT2D eigenvalue weighted by Crippen LogP contribution is 2.38. The molecule has 2 atom stereocenters. The van der Waals surface area contributed by atoms with Gasteiger partial charge < -0.3 is 14.5 Å². The zero-order valence-corrected chi connectivity index (χ0v) is 16.4. The lowest BCUT2D eigenvalue weighted by Gasteiger charge is -2.48. The fraction of sp³-hybridized carbons (Fsp3) is 0.750. The monoisotopic (exact) mass is 386 g/mol. The summed E-state index contributed by atoms with van der Waals surface area (Å²) in [6.07, 6.45) is 6.25. The van der Waals surface area contributed by atoms with E-state index < -0.39 is 0 Å². The van der Waals surface area contributed by atoms with Gasteiger partial charge in [-0.15, -0.1) is 0 Å². The molecule has 28 heavy (non-hydrogen) atoms. The molecule has 4 fully saturated rings. The number of amides is 1. The maximum atomic E-state index is 12.9. The lowest BCUT2D eigenvalue weighted by atomic mass is 10.0. The minimum Gasteiger partial charge on any atom is -0.378 e. The van der Waals surface area contributed by atoms with E-state index in [1.165, 1.54) is 12.8 Å². The highest BCUT2D eigenvalue weighted by molar-refractivity contribution is 5.78. The van der Waals surface area contributed by atoms with Crippen LogP contribution in [0.3, 0.4) is 0 Å². The van der Waals surface area contributed by atoms with Crippen LogP contribution >= 0.6 is 0 Å². The molecule has 0 bridgehead atoms. The van der Waals surface area contributed by atoms with E-state index in [2.05, 4.69) is 29.6 Å². The number of carbonyl (C=O) groups excluding carboxylic acids is 1. The van der Waals surface area contributed by atoms with E-state index in [0.717, 1.165) is 70.9 Å². The van der Waals surface area contributed by atoms with Crippen molar-refractivity contribution in [3.05, 3.63) is 18.5 Å². The van der Waals surface area contributed by atoms with Crippen LogP contribution in [0.25, 0.3) is 0 Å². The molecule has 8 heteroatoms. The van der Waals surface area contributed by atoms with Crippen molar-refractivity contribution in [2.24, 2.45) is 5.92 Å². The van der Waals surface area contributed by atoms with Crippen LogP contribution in [0.2, 0.25) is 0 Å². The summed E-state index contributed by atoms with van der Waals surface area (Å²) in [7, 11) is 0. The number of piperazine rings is 2. The Balaban J connectivity index is 1.11. The molecule has 0 unspecified atom stereocenters. The van der Waals surface area contributed by atoms with E-state index in [1.807, 2.05) is 6.07 Å². The Bertz CT molecular complexity index is 677. The normalized spacial score (nSPS) is 29.6. The van der Waals surface area contributed by atoms with Gasteiger partial charge in [-0.25, -0.2) is 9.97 Å². The molecule has 4 aliphatic rings. The molecule has 4 heterocycles. The van der Waals surface area contributed by atoms with Crippen molar-refractivity contribution in [1.82, 2.24) is 24.7 Å². The van der Waals surface area contributed by atoms with Crippen molar-refractivity contribution < 1.29 is 9.53 Å². The summed E-state index contributed by atoms with van der Waals surface area (Å²) in [6, 6.07) is 2.80. The lowest BCUT2D eigenvalue weighted by Crippen LogP contribution is -2.64. The van der Waals surface area contributed by atoms with Crippen LogP contribution in [0, 0.1) is 5.92 Å². The van der Waals surface area contributed by atoms with E-state index >= 15 is 0 Å². The third kappa shape index (κ3) is 3.86. The lowest BCUT2D eigenvalue weighted by molar-refractivity contribution is -0.141. The number of rotatable bonds is 4. The quantitative estimate of drug-likeness (QED) is 0.717. The summed E-state index contributed by atoms with van der Waals surface area (Å²) in [5.74, 6) is 1.87. The van der Waals surface area contributed by atoms with Gasteiger partial charge in [-0.05, 0) is 24.8 Å². The van der Waals surface area contributed by atoms with Crippen molar-refractivity contribution in [2.45, 2.75) is 24.9 Å². The van der Waals surface area contributed by atoms with Crippen LogP contribution in [-0.2, 0) is 9.53 Å². The second-order valence-corrected chi connectivity index (χ2v) is 8.49. The van der Waals surface area contributed by atoms with Gasteiger partial charge in [-0.2, -0.15) is 0 Å². The molecule has 0 spiro atoms. The number of carbonyl (C=O) groups is 1. The third-order valence-corrected chi connectivity index (χ3v) is 6.64. The number of fused-ring (bicyclic) bond motifs is 1. The van der Waals surface area contributed by atoms with E-state index in [1.54, 1.807) is 12.4 Å². The van der Waals surface area contributed by atoms with E-state index in [9.17, 15) is 4.79 Å². The number of aromatic nitrogens is 2. The first-order valence-corrected chi connectivity index (χ1v) is 10.6. The molecule has 1 aliphatic carbocycles. The molecule has 1 amide bonds. The Morgan fingerprint density at radius 3 is 2.57 bits per heavy atom. The molecule has 5 rings (SSSR count). The Labute approximate surface area is 166 Å². The van der Waals surface area contributed by atoms with Crippen LogP contribution < -0.4 is 4.90 Å². The summed E-state index contributed by atoms with van der Waals surface area (Å²) in [6.45, 7) is 8.32. The molecule has 1 aromatic heterocycles. The fourth-order valence-corrected chi connectivity index (χ4v) is 4.84. The van der Waals surface area contributed by atoms with Crippen molar-refractivity contribution >= 4 is 11.9 Å². The van der Waals surface area contributed by atoms with Gasteiger partial charge in [0.2, 0.25) is 11.9 Å². The maximum absolute atomic E-state index is 12.9. The minimum absolute atomic E-state index is 0.262. The highest BCUT2D eigenvalue weighted by atomic mass is 16.5. The molecule has 0 N–H and O–H groups in total. The summed E-state index contributed by atoms with van der Waals surface area (Å²) < 4.78 is 5.88. The minimum atomic E-state index is 0.262. The number of hydrogen-bond acceptors (Lipinski definition) is 7. The topological polar surface area (TPSA) is 65.0 Å². The predicted octanol–water partition coefficient (Wildman–Crippen LogP) is -0.0798. The zero-order chi connectivity index (χ0) is 18.9. The standard InChI is InChI=1S/C20H30N6O2/c27-19(13-23-6-8-24(9-7-23)20-21-4-1-5-22-20)25-10-11-26-17(12-25)14-28-15-18(26)16-2-3-16/h1,4-5,16-18H,2-3,6-15H2/t17-,18-/m1/s1. The molecule has 3 saturated heterocycles. The van der Waals surface area contributed by atoms with E-state index in [-0.39, 0.29) is 5.91 Å². The van der Waals surface area contributed by atoms with Crippen LogP contribution in [0.5, 0.6) is 0 Å². The molecule has 0 aromatic carbocycles. The van der Waals surface area contributed by atoms with Crippen molar-refractivity contribution in [3.63, 3.8) is 0 Å². The zero-order valence-electron chi connectivity index (χ0n) is 16.4. The van der Waals surface area contributed by atoms with Crippen LogP contribution in [-0.4, -0.2) is 108 Å². The van der Waals surface area contributed by atoms with E-state index in [4.69, 9.17) is 4.74 Å². The number of anilines is 1. The van der Waals surface area contributed by atoms with Crippen molar-refractivity contribution in [2.75, 3.05) is 70.5 Å². The summed E-state index contributed by atoms with van der Waals surface area (Å²) >= 11 is 0. The maximum Gasteiger partial charge on any atom is 0.236 e. The fourth-order valence-electron chi connectivity index (χ4n) is 4.84.